The van der Waals surface area contributed by atoms with Gasteiger partial charge in [0.05, 0.1) is 38.0 Å². The van der Waals surface area contributed by atoms with Crippen molar-refractivity contribution in [2.45, 2.75) is 58.5 Å². The van der Waals surface area contributed by atoms with E-state index >= 15 is 0 Å². The first-order valence-electron chi connectivity index (χ1n) is 10.7. The van der Waals surface area contributed by atoms with Gasteiger partial charge in [0.1, 0.15) is 12.4 Å². The van der Waals surface area contributed by atoms with Gasteiger partial charge in [-0.15, -0.1) is 0 Å². The quantitative estimate of drug-likeness (QED) is 0.801. The lowest BCUT2D eigenvalue weighted by molar-refractivity contribution is 0.0927. The number of amides is 1. The minimum absolute atomic E-state index is 0.0330. The number of nitrogens with one attached hydrogen (secondary N) is 1. The third-order valence-corrected chi connectivity index (χ3v) is 5.89. The molecule has 2 N–H and O–H groups in total. The highest BCUT2D eigenvalue weighted by Crippen LogP contribution is 2.38. The Bertz CT molecular complexity index is 854. The molecule has 1 aromatic carbocycles. The standard InChI is InChI=1S/C20H25N3O2.C3H8O2/c1-13-14(2)19-17(18-11-21-12-23(18)8-9-25-19)10-16(13)20(24)22-15-6-4-3-5-7-15;1-5-3-2-4/h10-12,15H,3-9H2,1-2H3,(H,22,24);4H,2-3H2,1H3. The Hall–Kier alpha value is -2.38. The molecule has 2 heterocycles. The van der Waals surface area contributed by atoms with Crippen LogP contribution in [0.15, 0.2) is 18.6 Å². The normalized spacial score (nSPS) is 15.7. The van der Waals surface area contributed by atoms with E-state index in [1.165, 1.54) is 19.3 Å². The first kappa shape index (κ1) is 22.3. The molecule has 164 valence electrons. The molecular weight excluding hydrogens is 382 g/mol. The van der Waals surface area contributed by atoms with Crippen LogP contribution in [0.1, 0.15) is 53.6 Å². The van der Waals surface area contributed by atoms with E-state index in [0.29, 0.717) is 19.3 Å². The van der Waals surface area contributed by atoms with Gasteiger partial charge in [0.25, 0.3) is 5.91 Å². The van der Waals surface area contributed by atoms with E-state index in [1.807, 2.05) is 32.4 Å². The van der Waals surface area contributed by atoms with Gasteiger partial charge in [-0.05, 0) is 43.9 Å². The topological polar surface area (TPSA) is 85.6 Å². The van der Waals surface area contributed by atoms with Crippen LogP contribution in [-0.4, -0.2) is 53.5 Å². The number of aliphatic hydroxyl groups is 1. The fraction of sp³-hybridized carbons (Fsp3) is 0.565. The van der Waals surface area contributed by atoms with Crippen molar-refractivity contribution >= 4 is 5.91 Å². The second-order valence-corrected chi connectivity index (χ2v) is 7.90. The van der Waals surface area contributed by atoms with E-state index in [2.05, 4.69) is 19.6 Å². The van der Waals surface area contributed by atoms with Gasteiger partial charge in [-0.3, -0.25) is 4.79 Å². The van der Waals surface area contributed by atoms with E-state index in [1.54, 1.807) is 7.11 Å². The van der Waals surface area contributed by atoms with Gasteiger partial charge in [-0.25, -0.2) is 4.98 Å². The lowest BCUT2D eigenvalue weighted by atomic mass is 9.93. The molecule has 0 radical (unpaired) electrons. The van der Waals surface area contributed by atoms with E-state index in [-0.39, 0.29) is 12.5 Å². The van der Waals surface area contributed by atoms with Crippen molar-refractivity contribution in [2.24, 2.45) is 0 Å². The number of rotatable bonds is 4. The predicted molar refractivity (Wildman–Crippen MR) is 116 cm³/mol. The molecule has 1 saturated carbocycles. The number of methoxy groups -OCH3 is 1. The summed E-state index contributed by atoms with van der Waals surface area (Å²) in [6, 6.07) is 2.29. The van der Waals surface area contributed by atoms with Gasteiger partial charge in [0.15, 0.2) is 0 Å². The maximum Gasteiger partial charge on any atom is 0.251 e. The molecule has 0 unspecified atom stereocenters. The van der Waals surface area contributed by atoms with Gasteiger partial charge < -0.3 is 24.5 Å². The van der Waals surface area contributed by atoms with Crippen LogP contribution < -0.4 is 10.1 Å². The van der Waals surface area contributed by atoms with Crippen LogP contribution in [-0.2, 0) is 11.3 Å². The molecule has 7 nitrogen and oxygen atoms in total. The molecule has 0 atom stereocenters. The largest absolute Gasteiger partial charge is 0.491 e. The fourth-order valence-electron chi connectivity index (χ4n) is 4.08. The molecule has 0 bridgehead atoms. The summed E-state index contributed by atoms with van der Waals surface area (Å²) in [5.74, 6) is 0.913. The first-order chi connectivity index (χ1) is 14.6. The first-order valence-corrected chi connectivity index (χ1v) is 10.7. The summed E-state index contributed by atoms with van der Waals surface area (Å²) in [4.78, 5) is 17.2. The number of aliphatic hydroxyl groups excluding tert-OH is 1. The molecule has 1 fully saturated rings. The Morgan fingerprint density at radius 2 is 2.07 bits per heavy atom. The molecule has 1 aliphatic carbocycles. The van der Waals surface area contributed by atoms with Crippen LogP contribution in [0.2, 0.25) is 0 Å². The predicted octanol–water partition coefficient (Wildman–Crippen LogP) is 3.25. The highest BCUT2D eigenvalue weighted by molar-refractivity contribution is 5.98. The number of hydrogen-bond acceptors (Lipinski definition) is 5. The van der Waals surface area contributed by atoms with Crippen molar-refractivity contribution in [3.8, 4) is 17.0 Å². The third-order valence-electron chi connectivity index (χ3n) is 5.89. The molecule has 2 aliphatic rings. The molecule has 4 rings (SSSR count). The maximum absolute atomic E-state index is 12.9. The lowest BCUT2D eigenvalue weighted by Gasteiger charge is -2.24. The van der Waals surface area contributed by atoms with E-state index in [9.17, 15) is 4.79 Å². The minimum Gasteiger partial charge on any atom is -0.491 e. The number of nitrogens with zero attached hydrogens (tertiary/aromatic N) is 2. The zero-order valence-electron chi connectivity index (χ0n) is 18.2. The number of aromatic nitrogens is 2. The Morgan fingerprint density at radius 1 is 1.30 bits per heavy atom. The Balaban J connectivity index is 0.000000461. The Kier molecular flexibility index (Phi) is 7.87. The zero-order valence-corrected chi connectivity index (χ0v) is 18.2. The number of ether oxygens (including phenoxy) is 2. The molecule has 7 heteroatoms. The summed E-state index contributed by atoms with van der Waals surface area (Å²) < 4.78 is 12.5. The van der Waals surface area contributed by atoms with Crippen LogP contribution in [0.4, 0.5) is 0 Å². The molecule has 30 heavy (non-hydrogen) atoms. The average molecular weight is 416 g/mol. The summed E-state index contributed by atoms with van der Waals surface area (Å²) in [7, 11) is 1.55. The molecule has 0 saturated heterocycles. The number of carbonyl (C=O) groups is 1. The van der Waals surface area contributed by atoms with Crippen molar-refractivity contribution in [3.63, 3.8) is 0 Å². The summed E-state index contributed by atoms with van der Waals surface area (Å²) in [6.45, 7) is 6.00. The van der Waals surface area contributed by atoms with E-state index in [0.717, 1.165) is 53.1 Å². The zero-order chi connectivity index (χ0) is 21.5. The van der Waals surface area contributed by atoms with Crippen molar-refractivity contribution in [3.05, 3.63) is 35.3 Å². The second-order valence-electron chi connectivity index (χ2n) is 7.90. The minimum atomic E-state index is 0.0330. The number of carbonyl (C=O) groups excluding carboxylic acids is 1. The Morgan fingerprint density at radius 3 is 2.73 bits per heavy atom. The lowest BCUT2D eigenvalue weighted by Crippen LogP contribution is -2.36. The van der Waals surface area contributed by atoms with Crippen LogP contribution in [0.3, 0.4) is 0 Å². The van der Waals surface area contributed by atoms with Crippen molar-refractivity contribution < 1.29 is 19.4 Å². The number of imidazole rings is 1. The van der Waals surface area contributed by atoms with E-state index < -0.39 is 0 Å². The van der Waals surface area contributed by atoms with Gasteiger partial charge in [-0.2, -0.15) is 0 Å². The number of fused-ring (bicyclic) bond motifs is 3. The van der Waals surface area contributed by atoms with Gasteiger partial charge in [0.2, 0.25) is 0 Å². The van der Waals surface area contributed by atoms with Gasteiger partial charge in [-0.1, -0.05) is 19.3 Å². The van der Waals surface area contributed by atoms with Gasteiger partial charge >= 0.3 is 0 Å². The van der Waals surface area contributed by atoms with Crippen LogP contribution in [0.5, 0.6) is 5.75 Å². The van der Waals surface area contributed by atoms with Crippen molar-refractivity contribution in [2.75, 3.05) is 26.9 Å². The van der Waals surface area contributed by atoms with Crippen LogP contribution in [0.25, 0.3) is 11.3 Å². The summed E-state index contributed by atoms with van der Waals surface area (Å²) >= 11 is 0. The summed E-state index contributed by atoms with van der Waals surface area (Å²) in [5.41, 5.74) is 4.77. The van der Waals surface area contributed by atoms with Crippen LogP contribution >= 0.6 is 0 Å². The molecule has 1 aliphatic heterocycles. The van der Waals surface area contributed by atoms with Crippen LogP contribution in [0, 0.1) is 13.8 Å². The SMILES string of the molecule is COCCO.Cc1c(C(=O)NC2CCCCC2)cc2c(c1C)OCCn1cncc1-2. The molecule has 2 aromatic rings. The summed E-state index contributed by atoms with van der Waals surface area (Å²) in [6.07, 6.45) is 9.55. The smallest absolute Gasteiger partial charge is 0.251 e. The fourth-order valence-corrected chi connectivity index (χ4v) is 4.08. The third kappa shape index (κ3) is 5.02. The Labute approximate surface area is 178 Å². The highest BCUT2D eigenvalue weighted by Gasteiger charge is 2.24. The highest BCUT2D eigenvalue weighted by atomic mass is 16.5. The van der Waals surface area contributed by atoms with E-state index in [4.69, 9.17) is 9.84 Å². The maximum atomic E-state index is 12.9. The van der Waals surface area contributed by atoms with Crippen molar-refractivity contribution in [1.82, 2.24) is 14.9 Å². The molecule has 1 amide bonds. The molecule has 1 aromatic heterocycles. The summed E-state index contributed by atoms with van der Waals surface area (Å²) in [5, 5.41) is 11.2. The van der Waals surface area contributed by atoms with Gasteiger partial charge in [0, 0.05) is 24.3 Å². The molecule has 0 spiro atoms. The number of hydrogen-bond donors (Lipinski definition) is 2. The van der Waals surface area contributed by atoms with Crippen molar-refractivity contribution in [1.29, 1.82) is 0 Å². The number of benzene rings is 1. The average Bonchev–Trinajstić information content (AvgIpc) is 3.14. The molecular formula is C23H33N3O4. The monoisotopic (exact) mass is 415 g/mol. The second kappa shape index (κ2) is 10.6.